The number of halogens is 2. The van der Waals surface area contributed by atoms with E-state index in [1.54, 1.807) is 18.2 Å². The summed E-state index contributed by atoms with van der Waals surface area (Å²) < 4.78 is 28.2. The quantitative estimate of drug-likeness (QED) is 0.510. The van der Waals surface area contributed by atoms with Crippen LogP contribution in [0.2, 0.25) is 0 Å². The molecular formula is C20H16F2N4OS. The van der Waals surface area contributed by atoms with Gasteiger partial charge in [-0.05, 0) is 49.4 Å². The molecule has 2 N–H and O–H groups in total. The van der Waals surface area contributed by atoms with E-state index in [0.717, 1.165) is 26.8 Å². The average Bonchev–Trinajstić information content (AvgIpc) is 3.20. The van der Waals surface area contributed by atoms with Crippen LogP contribution in [0.5, 0.6) is 0 Å². The number of aromatic nitrogens is 2. The Morgan fingerprint density at radius 3 is 2.64 bits per heavy atom. The maximum atomic E-state index is 13.2. The molecule has 0 aliphatic rings. The highest BCUT2D eigenvalue weighted by atomic mass is 32.1. The van der Waals surface area contributed by atoms with Gasteiger partial charge in [-0.1, -0.05) is 17.4 Å². The number of anilines is 1. The topological polar surface area (TPSA) is 58.4 Å². The number of carbonyl (C=O) groups is 1. The molecule has 2 amide bonds. The number of aryl methyl sites for hydroxylation is 1. The lowest BCUT2D eigenvalue weighted by atomic mass is 10.2. The first kappa shape index (κ1) is 18.1. The van der Waals surface area contributed by atoms with Crippen LogP contribution in [0.1, 0.15) is 10.6 Å². The first-order chi connectivity index (χ1) is 13.5. The van der Waals surface area contributed by atoms with Crippen molar-refractivity contribution in [2.75, 3.05) is 5.32 Å². The summed E-state index contributed by atoms with van der Waals surface area (Å²) in [5.74, 6) is -0.698. The van der Waals surface area contributed by atoms with Crippen molar-refractivity contribution < 1.29 is 13.6 Å². The molecule has 28 heavy (non-hydrogen) atoms. The van der Waals surface area contributed by atoms with Gasteiger partial charge in [0.15, 0.2) is 4.96 Å². The molecule has 4 rings (SSSR count). The molecule has 0 saturated carbocycles. The van der Waals surface area contributed by atoms with Crippen LogP contribution in [-0.2, 0) is 6.54 Å². The molecule has 0 radical (unpaired) electrons. The first-order valence-electron chi connectivity index (χ1n) is 8.53. The van der Waals surface area contributed by atoms with Gasteiger partial charge in [0.05, 0.1) is 12.2 Å². The van der Waals surface area contributed by atoms with Gasteiger partial charge in [-0.15, -0.1) is 0 Å². The van der Waals surface area contributed by atoms with Gasteiger partial charge in [0, 0.05) is 28.0 Å². The molecule has 0 aliphatic heterocycles. The number of fused-ring (bicyclic) bond motifs is 1. The molecule has 0 atom stereocenters. The number of urea groups is 1. The minimum Gasteiger partial charge on any atom is -0.333 e. The van der Waals surface area contributed by atoms with Crippen LogP contribution < -0.4 is 10.6 Å². The molecule has 0 aliphatic carbocycles. The predicted molar refractivity (Wildman–Crippen MR) is 105 cm³/mol. The largest absolute Gasteiger partial charge is 0.333 e. The van der Waals surface area contributed by atoms with Crippen molar-refractivity contribution in [3.8, 4) is 11.3 Å². The summed E-state index contributed by atoms with van der Waals surface area (Å²) in [6, 6.07) is 11.5. The minimum atomic E-state index is -0.414. The third-order valence-electron chi connectivity index (χ3n) is 4.28. The van der Waals surface area contributed by atoms with Gasteiger partial charge in [-0.25, -0.2) is 18.6 Å². The van der Waals surface area contributed by atoms with Crippen LogP contribution in [0.25, 0.3) is 16.2 Å². The average molecular weight is 398 g/mol. The highest BCUT2D eigenvalue weighted by Crippen LogP contribution is 2.27. The smallest absolute Gasteiger partial charge is 0.319 e. The maximum Gasteiger partial charge on any atom is 0.319 e. The second kappa shape index (κ2) is 7.40. The van der Waals surface area contributed by atoms with Crippen molar-refractivity contribution in [2.45, 2.75) is 13.5 Å². The zero-order valence-electron chi connectivity index (χ0n) is 14.9. The number of rotatable bonds is 4. The van der Waals surface area contributed by atoms with E-state index in [0.29, 0.717) is 12.2 Å². The standard InChI is InChI=1S/C20H16F2N4OS/c1-12-18(10-23-19(27)24-16-4-2-3-15(22)9-16)28-20-25-17(11-26(12)20)13-5-7-14(21)8-6-13/h2-9,11H,10H2,1H3,(H2,23,24,27). The summed E-state index contributed by atoms with van der Waals surface area (Å²) in [6.45, 7) is 2.27. The normalized spacial score (nSPS) is 11.0. The molecular weight excluding hydrogens is 382 g/mol. The predicted octanol–water partition coefficient (Wildman–Crippen LogP) is 4.97. The minimum absolute atomic E-state index is 0.286. The number of hydrogen-bond acceptors (Lipinski definition) is 3. The molecule has 0 unspecified atom stereocenters. The molecule has 5 nitrogen and oxygen atoms in total. The molecule has 2 aromatic carbocycles. The van der Waals surface area contributed by atoms with Crippen molar-refractivity contribution in [3.05, 3.63) is 76.9 Å². The number of benzene rings is 2. The fraction of sp³-hybridized carbons (Fsp3) is 0.100. The first-order valence-corrected chi connectivity index (χ1v) is 9.35. The number of hydrogen-bond donors (Lipinski definition) is 2. The molecule has 0 bridgehead atoms. The fourth-order valence-corrected chi connectivity index (χ4v) is 3.86. The van der Waals surface area contributed by atoms with Crippen molar-refractivity contribution in [1.82, 2.24) is 14.7 Å². The van der Waals surface area contributed by atoms with E-state index < -0.39 is 11.8 Å². The van der Waals surface area contributed by atoms with Crippen LogP contribution in [0.3, 0.4) is 0 Å². The summed E-state index contributed by atoms with van der Waals surface area (Å²) in [7, 11) is 0. The summed E-state index contributed by atoms with van der Waals surface area (Å²) >= 11 is 1.47. The summed E-state index contributed by atoms with van der Waals surface area (Å²) in [4.78, 5) is 18.4. The third kappa shape index (κ3) is 3.72. The van der Waals surface area contributed by atoms with E-state index in [1.807, 2.05) is 17.5 Å². The lowest BCUT2D eigenvalue weighted by Crippen LogP contribution is -2.28. The molecule has 0 spiro atoms. The van der Waals surface area contributed by atoms with Crippen molar-refractivity contribution in [3.63, 3.8) is 0 Å². The molecule has 2 heterocycles. The molecule has 0 saturated heterocycles. The van der Waals surface area contributed by atoms with Gasteiger partial charge in [0.25, 0.3) is 0 Å². The van der Waals surface area contributed by atoms with Crippen LogP contribution in [0.4, 0.5) is 19.3 Å². The zero-order chi connectivity index (χ0) is 19.7. The number of carbonyl (C=O) groups excluding carboxylic acids is 1. The lowest BCUT2D eigenvalue weighted by molar-refractivity contribution is 0.252. The third-order valence-corrected chi connectivity index (χ3v) is 5.44. The van der Waals surface area contributed by atoms with Crippen LogP contribution >= 0.6 is 11.3 Å². The van der Waals surface area contributed by atoms with Crippen LogP contribution in [0, 0.1) is 18.6 Å². The van der Waals surface area contributed by atoms with Crippen molar-refractivity contribution in [2.24, 2.45) is 0 Å². The Balaban J connectivity index is 1.46. The van der Waals surface area contributed by atoms with Gasteiger partial charge in [0.1, 0.15) is 11.6 Å². The number of nitrogens with zero attached hydrogens (tertiary/aromatic N) is 2. The Kier molecular flexibility index (Phi) is 4.79. The lowest BCUT2D eigenvalue weighted by Gasteiger charge is -2.07. The Morgan fingerprint density at radius 1 is 1.14 bits per heavy atom. The second-order valence-electron chi connectivity index (χ2n) is 6.21. The number of nitrogens with one attached hydrogen (secondary N) is 2. The second-order valence-corrected chi connectivity index (χ2v) is 7.28. The van der Waals surface area contributed by atoms with Gasteiger partial charge >= 0.3 is 6.03 Å². The van der Waals surface area contributed by atoms with Gasteiger partial charge in [-0.3, -0.25) is 4.40 Å². The SMILES string of the molecule is Cc1c(CNC(=O)Nc2cccc(F)c2)sc2nc(-c3ccc(F)cc3)cn12. The van der Waals surface area contributed by atoms with Gasteiger partial charge < -0.3 is 10.6 Å². The van der Waals surface area contributed by atoms with E-state index in [9.17, 15) is 13.6 Å². The fourth-order valence-electron chi connectivity index (χ4n) is 2.82. The number of amides is 2. The molecule has 142 valence electrons. The number of imidazole rings is 1. The monoisotopic (exact) mass is 398 g/mol. The molecule has 8 heteroatoms. The van der Waals surface area contributed by atoms with Gasteiger partial charge in [-0.2, -0.15) is 0 Å². The van der Waals surface area contributed by atoms with Gasteiger partial charge in [0.2, 0.25) is 0 Å². The molecule has 2 aromatic heterocycles. The van der Waals surface area contributed by atoms with E-state index in [1.165, 1.54) is 41.7 Å². The van der Waals surface area contributed by atoms with E-state index in [-0.39, 0.29) is 5.82 Å². The Bertz CT molecular complexity index is 1150. The van der Waals surface area contributed by atoms with Crippen LogP contribution in [-0.4, -0.2) is 15.4 Å². The summed E-state index contributed by atoms with van der Waals surface area (Å²) in [5.41, 5.74) is 2.95. The Labute approximate surface area is 163 Å². The Morgan fingerprint density at radius 2 is 1.93 bits per heavy atom. The summed E-state index contributed by atoms with van der Waals surface area (Å²) in [5, 5.41) is 5.36. The maximum absolute atomic E-state index is 13.2. The molecule has 0 fully saturated rings. The highest BCUT2D eigenvalue weighted by molar-refractivity contribution is 7.17. The van der Waals surface area contributed by atoms with Crippen LogP contribution in [0.15, 0.2) is 54.7 Å². The highest BCUT2D eigenvalue weighted by Gasteiger charge is 2.13. The number of thiazole rings is 1. The molecule has 4 aromatic rings. The zero-order valence-corrected chi connectivity index (χ0v) is 15.7. The van der Waals surface area contributed by atoms with Crippen molar-refractivity contribution >= 4 is 28.0 Å². The van der Waals surface area contributed by atoms with Crippen molar-refractivity contribution in [1.29, 1.82) is 0 Å². The Hall–Kier alpha value is -3.26. The van der Waals surface area contributed by atoms with E-state index in [4.69, 9.17) is 0 Å². The van der Waals surface area contributed by atoms with E-state index >= 15 is 0 Å². The summed E-state index contributed by atoms with van der Waals surface area (Å²) in [6.07, 6.45) is 1.89. The van der Waals surface area contributed by atoms with E-state index in [2.05, 4.69) is 15.6 Å².